The number of ether oxygens (including phenoxy) is 1. The Morgan fingerprint density at radius 1 is 1.24 bits per heavy atom. The van der Waals surface area contributed by atoms with Crippen LogP contribution < -0.4 is 10.1 Å². The molecule has 1 atom stereocenters. The summed E-state index contributed by atoms with van der Waals surface area (Å²) in [6.07, 6.45) is 7.82. The van der Waals surface area contributed by atoms with Crippen molar-refractivity contribution >= 4 is 0 Å². The van der Waals surface area contributed by atoms with Gasteiger partial charge >= 0.3 is 0 Å². The van der Waals surface area contributed by atoms with Crippen LogP contribution in [0.5, 0.6) is 5.75 Å². The second-order valence-corrected chi connectivity index (χ2v) is 6.56. The van der Waals surface area contributed by atoms with E-state index in [0.29, 0.717) is 11.5 Å². The zero-order valence-electron chi connectivity index (χ0n) is 14.2. The Labute approximate surface area is 130 Å². The number of nitrogens with one attached hydrogen (secondary N) is 1. The van der Waals surface area contributed by atoms with E-state index in [1.807, 2.05) is 0 Å². The minimum Gasteiger partial charge on any atom is -0.496 e. The van der Waals surface area contributed by atoms with E-state index in [9.17, 15) is 0 Å². The number of hydrogen-bond acceptors (Lipinski definition) is 2. The molecule has 1 aromatic carbocycles. The largest absolute Gasteiger partial charge is 0.496 e. The van der Waals surface area contributed by atoms with Gasteiger partial charge in [-0.1, -0.05) is 44.4 Å². The van der Waals surface area contributed by atoms with Crippen molar-refractivity contribution in [3.8, 4) is 5.75 Å². The van der Waals surface area contributed by atoms with Gasteiger partial charge in [0.15, 0.2) is 0 Å². The summed E-state index contributed by atoms with van der Waals surface area (Å²) in [4.78, 5) is 0. The Bertz CT molecular complexity index is 449. The predicted octanol–water partition coefficient (Wildman–Crippen LogP) is 5.01. The number of aryl methyl sites for hydroxylation is 1. The Morgan fingerprint density at radius 2 is 1.95 bits per heavy atom. The van der Waals surface area contributed by atoms with Gasteiger partial charge in [-0.05, 0) is 50.6 Å². The molecule has 2 heteroatoms. The Kier molecular flexibility index (Phi) is 5.69. The second-order valence-electron chi connectivity index (χ2n) is 6.56. The van der Waals surface area contributed by atoms with E-state index in [1.54, 1.807) is 7.11 Å². The average Bonchev–Trinajstić information content (AvgIpc) is 2.98. The smallest absolute Gasteiger partial charge is 0.123 e. The SMILES string of the molecule is CCCNC(c1cc(C)ccc1OC)C1(CC)CCCC1. The van der Waals surface area contributed by atoms with Gasteiger partial charge < -0.3 is 10.1 Å². The van der Waals surface area contributed by atoms with E-state index >= 15 is 0 Å². The standard InChI is InChI=1S/C19H31NO/c1-5-13-20-18(19(6-2)11-7-8-12-19)16-14-15(3)9-10-17(16)21-4/h9-10,14,18,20H,5-8,11-13H2,1-4H3. The third-order valence-electron chi connectivity index (χ3n) is 5.21. The highest BCUT2D eigenvalue weighted by molar-refractivity contribution is 5.40. The summed E-state index contributed by atoms with van der Waals surface area (Å²) in [7, 11) is 1.79. The molecule has 21 heavy (non-hydrogen) atoms. The van der Waals surface area contributed by atoms with Gasteiger partial charge in [-0.15, -0.1) is 0 Å². The Balaban J connectivity index is 2.42. The summed E-state index contributed by atoms with van der Waals surface area (Å²) in [6.45, 7) is 7.84. The molecule has 1 fully saturated rings. The van der Waals surface area contributed by atoms with Crippen LogP contribution in [0.2, 0.25) is 0 Å². The molecule has 0 radical (unpaired) electrons. The maximum absolute atomic E-state index is 5.67. The minimum atomic E-state index is 0.399. The molecule has 0 bridgehead atoms. The molecule has 118 valence electrons. The zero-order valence-corrected chi connectivity index (χ0v) is 14.2. The van der Waals surface area contributed by atoms with Crippen molar-refractivity contribution in [1.82, 2.24) is 5.32 Å². The molecular weight excluding hydrogens is 258 g/mol. The highest BCUT2D eigenvalue weighted by Gasteiger charge is 2.41. The molecule has 1 aliphatic carbocycles. The molecule has 0 heterocycles. The van der Waals surface area contributed by atoms with Crippen molar-refractivity contribution in [1.29, 1.82) is 0 Å². The number of methoxy groups -OCH3 is 1. The van der Waals surface area contributed by atoms with Gasteiger partial charge in [0.25, 0.3) is 0 Å². The fourth-order valence-electron chi connectivity index (χ4n) is 3.95. The first-order valence-electron chi connectivity index (χ1n) is 8.54. The fourth-order valence-corrected chi connectivity index (χ4v) is 3.95. The Hall–Kier alpha value is -1.02. The highest BCUT2D eigenvalue weighted by atomic mass is 16.5. The molecule has 2 rings (SSSR count). The summed E-state index contributed by atoms with van der Waals surface area (Å²) < 4.78 is 5.67. The van der Waals surface area contributed by atoms with Crippen molar-refractivity contribution < 1.29 is 4.74 Å². The number of rotatable bonds is 7. The molecule has 1 unspecified atom stereocenters. The lowest BCUT2D eigenvalue weighted by molar-refractivity contribution is 0.183. The molecule has 1 saturated carbocycles. The molecule has 1 N–H and O–H groups in total. The van der Waals surface area contributed by atoms with E-state index in [0.717, 1.165) is 12.3 Å². The predicted molar refractivity (Wildman–Crippen MR) is 90.0 cm³/mol. The zero-order chi connectivity index (χ0) is 15.3. The lowest BCUT2D eigenvalue weighted by Gasteiger charge is -2.39. The van der Waals surface area contributed by atoms with Gasteiger partial charge in [-0.2, -0.15) is 0 Å². The van der Waals surface area contributed by atoms with Crippen LogP contribution in [0.1, 0.15) is 69.5 Å². The topological polar surface area (TPSA) is 21.3 Å². The quantitative estimate of drug-likeness (QED) is 0.761. The third-order valence-corrected chi connectivity index (χ3v) is 5.21. The van der Waals surface area contributed by atoms with Crippen molar-refractivity contribution in [2.75, 3.05) is 13.7 Å². The van der Waals surface area contributed by atoms with Crippen molar-refractivity contribution in [3.63, 3.8) is 0 Å². The van der Waals surface area contributed by atoms with E-state index in [2.05, 4.69) is 44.3 Å². The van der Waals surface area contributed by atoms with Crippen molar-refractivity contribution in [2.24, 2.45) is 5.41 Å². The van der Waals surface area contributed by atoms with E-state index in [1.165, 1.54) is 49.7 Å². The minimum absolute atomic E-state index is 0.399. The maximum atomic E-state index is 5.67. The van der Waals surface area contributed by atoms with E-state index in [4.69, 9.17) is 4.74 Å². The van der Waals surface area contributed by atoms with Crippen LogP contribution in [0, 0.1) is 12.3 Å². The van der Waals surface area contributed by atoms with Crippen LogP contribution in [-0.4, -0.2) is 13.7 Å². The summed E-state index contributed by atoms with van der Waals surface area (Å²) in [5, 5.41) is 3.84. The van der Waals surface area contributed by atoms with Crippen LogP contribution in [0.4, 0.5) is 0 Å². The second kappa shape index (κ2) is 7.31. The molecule has 1 aliphatic rings. The highest BCUT2D eigenvalue weighted by Crippen LogP contribution is 2.51. The first kappa shape index (κ1) is 16.4. The lowest BCUT2D eigenvalue weighted by atomic mass is 9.73. The monoisotopic (exact) mass is 289 g/mol. The van der Waals surface area contributed by atoms with Crippen LogP contribution in [0.3, 0.4) is 0 Å². The van der Waals surface area contributed by atoms with Gasteiger partial charge in [0, 0.05) is 11.6 Å². The first-order chi connectivity index (χ1) is 10.2. The van der Waals surface area contributed by atoms with Gasteiger partial charge in [0.1, 0.15) is 5.75 Å². The van der Waals surface area contributed by atoms with Gasteiger partial charge in [-0.3, -0.25) is 0 Å². The molecule has 0 aliphatic heterocycles. The molecule has 1 aromatic rings. The molecule has 0 amide bonds. The summed E-state index contributed by atoms with van der Waals surface area (Å²) in [6, 6.07) is 7.01. The molecule has 0 saturated heterocycles. The van der Waals surface area contributed by atoms with E-state index in [-0.39, 0.29) is 0 Å². The normalized spacial score (nSPS) is 18.7. The Morgan fingerprint density at radius 3 is 2.52 bits per heavy atom. The molecule has 2 nitrogen and oxygen atoms in total. The van der Waals surface area contributed by atoms with Crippen molar-refractivity contribution in [2.45, 2.75) is 65.3 Å². The van der Waals surface area contributed by atoms with Gasteiger partial charge in [-0.25, -0.2) is 0 Å². The molecule has 0 spiro atoms. The first-order valence-corrected chi connectivity index (χ1v) is 8.54. The van der Waals surface area contributed by atoms with Crippen molar-refractivity contribution in [3.05, 3.63) is 29.3 Å². The van der Waals surface area contributed by atoms with Crippen LogP contribution in [-0.2, 0) is 0 Å². The summed E-state index contributed by atoms with van der Waals surface area (Å²) in [5.41, 5.74) is 3.07. The molecular formula is C19H31NO. The lowest BCUT2D eigenvalue weighted by Crippen LogP contribution is -2.37. The number of hydrogen-bond donors (Lipinski definition) is 1. The third kappa shape index (κ3) is 3.42. The summed E-state index contributed by atoms with van der Waals surface area (Å²) >= 11 is 0. The fraction of sp³-hybridized carbons (Fsp3) is 0.684. The van der Waals surface area contributed by atoms with Gasteiger partial charge in [0.2, 0.25) is 0 Å². The maximum Gasteiger partial charge on any atom is 0.123 e. The van der Waals surface area contributed by atoms with E-state index < -0.39 is 0 Å². The summed E-state index contributed by atoms with van der Waals surface area (Å²) in [5.74, 6) is 1.04. The van der Waals surface area contributed by atoms with Crippen LogP contribution in [0.25, 0.3) is 0 Å². The average molecular weight is 289 g/mol. The van der Waals surface area contributed by atoms with Crippen LogP contribution in [0.15, 0.2) is 18.2 Å². The van der Waals surface area contributed by atoms with Gasteiger partial charge in [0.05, 0.1) is 7.11 Å². The molecule has 0 aromatic heterocycles. The van der Waals surface area contributed by atoms with Crippen LogP contribution >= 0.6 is 0 Å². The number of benzene rings is 1.